The summed E-state index contributed by atoms with van der Waals surface area (Å²) in [5.74, 6) is -1.61. The molecule has 38 heavy (non-hydrogen) atoms. The Morgan fingerprint density at radius 3 is 2.63 bits per heavy atom. The number of fused-ring (bicyclic) bond motifs is 1. The van der Waals surface area contributed by atoms with Crippen molar-refractivity contribution in [2.24, 2.45) is 5.10 Å². The van der Waals surface area contributed by atoms with Gasteiger partial charge in [-0.05, 0) is 48.4 Å². The standard InChI is InChI=1S/C27H22F5N5O/c1-2-10-38-17-7-8-18(20(11-17)27(30,31)32)22-9-6-16(12-33-22)14-37-15-24-23(13-34-37)35-26(36-24)19-4-3-5-21(28)25(19)29/h3-9,11-13H,2,10,14-15H2,1H3,(H,35,36). The number of pyridine rings is 1. The predicted molar refractivity (Wildman–Crippen MR) is 131 cm³/mol. The number of nitrogens with zero attached hydrogens (tertiary/aromatic N) is 4. The van der Waals surface area contributed by atoms with Crippen molar-refractivity contribution >= 4 is 6.21 Å². The second kappa shape index (κ2) is 10.2. The lowest BCUT2D eigenvalue weighted by atomic mass is 10.0. The highest BCUT2D eigenvalue weighted by atomic mass is 19.4. The summed E-state index contributed by atoms with van der Waals surface area (Å²) >= 11 is 0. The van der Waals surface area contributed by atoms with E-state index in [0.29, 0.717) is 37.5 Å². The molecule has 0 aliphatic carbocycles. The van der Waals surface area contributed by atoms with Crippen LogP contribution in [0.4, 0.5) is 22.0 Å². The third-order valence-corrected chi connectivity index (χ3v) is 5.93. The Bertz CT molecular complexity index is 1480. The molecule has 0 radical (unpaired) electrons. The van der Waals surface area contributed by atoms with Gasteiger partial charge in [0.25, 0.3) is 0 Å². The summed E-state index contributed by atoms with van der Waals surface area (Å²) in [6.45, 7) is 2.80. The van der Waals surface area contributed by atoms with E-state index in [1.165, 1.54) is 42.7 Å². The van der Waals surface area contributed by atoms with Gasteiger partial charge in [0.05, 0.1) is 54.1 Å². The molecule has 2 aromatic carbocycles. The Morgan fingerprint density at radius 2 is 1.89 bits per heavy atom. The van der Waals surface area contributed by atoms with E-state index in [4.69, 9.17) is 4.74 Å². The summed E-state index contributed by atoms with van der Waals surface area (Å²) in [7, 11) is 0. The van der Waals surface area contributed by atoms with Crippen LogP contribution in [0.5, 0.6) is 5.75 Å². The van der Waals surface area contributed by atoms with E-state index < -0.39 is 23.4 Å². The van der Waals surface area contributed by atoms with E-state index in [0.717, 1.165) is 17.7 Å². The van der Waals surface area contributed by atoms with Crippen molar-refractivity contribution < 1.29 is 26.7 Å². The van der Waals surface area contributed by atoms with E-state index in [1.807, 2.05) is 6.92 Å². The number of benzene rings is 2. The van der Waals surface area contributed by atoms with Crippen LogP contribution in [-0.4, -0.2) is 32.8 Å². The predicted octanol–water partition coefficient (Wildman–Crippen LogP) is 6.57. The van der Waals surface area contributed by atoms with E-state index in [-0.39, 0.29) is 28.4 Å². The molecule has 11 heteroatoms. The maximum Gasteiger partial charge on any atom is 0.417 e. The Labute approximate surface area is 214 Å². The van der Waals surface area contributed by atoms with Crippen molar-refractivity contribution in [3.63, 3.8) is 0 Å². The minimum Gasteiger partial charge on any atom is -0.494 e. The molecule has 0 saturated carbocycles. The average Bonchev–Trinajstić information content (AvgIpc) is 3.32. The van der Waals surface area contributed by atoms with Crippen molar-refractivity contribution in [2.45, 2.75) is 32.6 Å². The van der Waals surface area contributed by atoms with Gasteiger partial charge in [0.15, 0.2) is 11.6 Å². The molecule has 3 heterocycles. The first-order valence-corrected chi connectivity index (χ1v) is 11.8. The molecule has 0 spiro atoms. The van der Waals surface area contributed by atoms with Crippen LogP contribution in [0.2, 0.25) is 0 Å². The number of hydrogen-bond acceptors (Lipinski definition) is 5. The SMILES string of the molecule is CCCOc1ccc(-c2ccc(CN3Cc4nc(-c5cccc(F)c5F)[nH]c4C=N3)cn2)c(C(F)(F)F)c1. The quantitative estimate of drug-likeness (QED) is 0.276. The fourth-order valence-corrected chi connectivity index (χ4v) is 4.09. The molecule has 196 valence electrons. The van der Waals surface area contributed by atoms with Gasteiger partial charge in [0.2, 0.25) is 0 Å². The lowest BCUT2D eigenvalue weighted by Gasteiger charge is -2.21. The number of hydrogen-bond donors (Lipinski definition) is 1. The highest BCUT2D eigenvalue weighted by Gasteiger charge is 2.34. The van der Waals surface area contributed by atoms with Gasteiger partial charge in [-0.2, -0.15) is 18.3 Å². The highest BCUT2D eigenvalue weighted by Crippen LogP contribution is 2.38. The lowest BCUT2D eigenvalue weighted by Crippen LogP contribution is -2.21. The zero-order valence-corrected chi connectivity index (χ0v) is 20.2. The summed E-state index contributed by atoms with van der Waals surface area (Å²) < 4.78 is 74.4. The largest absolute Gasteiger partial charge is 0.494 e. The second-order valence-electron chi connectivity index (χ2n) is 8.72. The molecule has 1 aliphatic heterocycles. The summed E-state index contributed by atoms with van der Waals surface area (Å²) in [6.07, 6.45) is -0.855. The molecule has 1 N–H and O–H groups in total. The Balaban J connectivity index is 1.31. The normalized spacial score (nSPS) is 13.1. The number of alkyl halides is 3. The Hall–Kier alpha value is -4.28. The molecule has 0 fully saturated rings. The third-order valence-electron chi connectivity index (χ3n) is 5.93. The molecule has 0 atom stereocenters. The number of halogens is 5. The summed E-state index contributed by atoms with van der Waals surface area (Å²) in [5.41, 5.74) is 1.25. The van der Waals surface area contributed by atoms with E-state index in [2.05, 4.69) is 20.1 Å². The summed E-state index contributed by atoms with van der Waals surface area (Å²) in [4.78, 5) is 11.6. The molecule has 0 amide bonds. The monoisotopic (exact) mass is 527 g/mol. The maximum absolute atomic E-state index is 14.2. The number of rotatable bonds is 7. The van der Waals surface area contributed by atoms with Crippen LogP contribution in [0.15, 0.2) is 59.8 Å². The van der Waals surface area contributed by atoms with E-state index >= 15 is 0 Å². The number of imidazole rings is 1. The summed E-state index contributed by atoms with van der Waals surface area (Å²) in [6, 6.07) is 10.9. The number of hydrazone groups is 1. The van der Waals surface area contributed by atoms with Crippen molar-refractivity contribution in [1.82, 2.24) is 20.0 Å². The van der Waals surface area contributed by atoms with Gasteiger partial charge in [0, 0.05) is 11.8 Å². The fraction of sp³-hybridized carbons (Fsp3) is 0.222. The van der Waals surface area contributed by atoms with Crippen LogP contribution in [0.3, 0.4) is 0 Å². The average molecular weight is 527 g/mol. The number of H-pyrrole nitrogens is 1. The maximum atomic E-state index is 14.2. The minimum atomic E-state index is -4.57. The van der Waals surface area contributed by atoms with Crippen LogP contribution in [0.25, 0.3) is 22.6 Å². The topological polar surface area (TPSA) is 66.4 Å². The lowest BCUT2D eigenvalue weighted by molar-refractivity contribution is -0.137. The number of nitrogens with one attached hydrogen (secondary N) is 1. The second-order valence-corrected chi connectivity index (χ2v) is 8.72. The fourth-order valence-electron chi connectivity index (χ4n) is 4.09. The van der Waals surface area contributed by atoms with Crippen molar-refractivity contribution in [3.8, 4) is 28.4 Å². The zero-order chi connectivity index (χ0) is 26.9. The molecule has 5 rings (SSSR count). The number of aromatic amines is 1. The Kier molecular flexibility index (Phi) is 6.83. The summed E-state index contributed by atoms with van der Waals surface area (Å²) in [5, 5.41) is 6.04. The van der Waals surface area contributed by atoms with Crippen molar-refractivity contribution in [3.05, 3.63) is 88.9 Å². The van der Waals surface area contributed by atoms with Crippen LogP contribution in [0, 0.1) is 11.6 Å². The first-order valence-electron chi connectivity index (χ1n) is 11.8. The zero-order valence-electron chi connectivity index (χ0n) is 20.2. The van der Waals surface area contributed by atoms with Crippen LogP contribution < -0.4 is 4.74 Å². The Morgan fingerprint density at radius 1 is 1.05 bits per heavy atom. The molecular formula is C27H22F5N5O. The third kappa shape index (κ3) is 5.22. The van der Waals surface area contributed by atoms with Crippen LogP contribution >= 0.6 is 0 Å². The van der Waals surface area contributed by atoms with Crippen molar-refractivity contribution in [1.29, 1.82) is 0 Å². The molecule has 6 nitrogen and oxygen atoms in total. The molecule has 4 aromatic rings. The van der Waals surface area contributed by atoms with E-state index in [9.17, 15) is 22.0 Å². The molecule has 2 aromatic heterocycles. The molecule has 0 bridgehead atoms. The number of aromatic nitrogens is 3. The molecule has 1 aliphatic rings. The first kappa shape index (κ1) is 25.4. The van der Waals surface area contributed by atoms with Gasteiger partial charge in [-0.15, -0.1) is 0 Å². The van der Waals surface area contributed by atoms with Crippen molar-refractivity contribution in [2.75, 3.05) is 6.61 Å². The molecular weight excluding hydrogens is 505 g/mol. The van der Waals surface area contributed by atoms with Gasteiger partial charge >= 0.3 is 6.18 Å². The van der Waals surface area contributed by atoms with Gasteiger partial charge in [0.1, 0.15) is 11.6 Å². The van der Waals surface area contributed by atoms with Gasteiger partial charge in [-0.3, -0.25) is 9.99 Å². The number of ether oxygens (including phenoxy) is 1. The molecule has 0 unspecified atom stereocenters. The van der Waals surface area contributed by atoms with Crippen LogP contribution in [-0.2, 0) is 19.3 Å². The van der Waals surface area contributed by atoms with Gasteiger partial charge in [-0.25, -0.2) is 13.8 Å². The van der Waals surface area contributed by atoms with Gasteiger partial charge in [-0.1, -0.05) is 19.1 Å². The first-order chi connectivity index (χ1) is 18.2. The van der Waals surface area contributed by atoms with Crippen LogP contribution in [0.1, 0.15) is 35.9 Å². The molecule has 0 saturated heterocycles. The minimum absolute atomic E-state index is 0.0160. The highest BCUT2D eigenvalue weighted by molar-refractivity contribution is 5.80. The smallest absolute Gasteiger partial charge is 0.417 e. The van der Waals surface area contributed by atoms with Gasteiger partial charge < -0.3 is 9.72 Å². The van der Waals surface area contributed by atoms with E-state index in [1.54, 1.807) is 11.1 Å².